The van der Waals surface area contributed by atoms with E-state index < -0.39 is 0 Å². The van der Waals surface area contributed by atoms with Crippen molar-refractivity contribution in [2.45, 2.75) is 38.5 Å². The maximum absolute atomic E-state index is 2.40. The Labute approximate surface area is 62.6 Å². The third-order valence-electron chi connectivity index (χ3n) is 2.53. The van der Waals surface area contributed by atoms with Gasteiger partial charge in [-0.15, -0.1) is 0 Å². The highest BCUT2D eigenvalue weighted by Gasteiger charge is 2.11. The summed E-state index contributed by atoms with van der Waals surface area (Å²) in [6, 6.07) is 0. The van der Waals surface area contributed by atoms with Gasteiger partial charge in [0, 0.05) is 0 Å². The number of hydrogen-bond donors (Lipinski definition) is 0. The average molecular weight is 134 g/mol. The molecule has 0 unspecified atom stereocenters. The van der Waals surface area contributed by atoms with E-state index in [0.717, 1.165) is 0 Å². The third kappa shape index (κ3) is 1.03. The summed E-state index contributed by atoms with van der Waals surface area (Å²) in [5.74, 6) is 0. The van der Waals surface area contributed by atoms with E-state index in [9.17, 15) is 0 Å². The van der Waals surface area contributed by atoms with Crippen molar-refractivity contribution in [2.24, 2.45) is 0 Å². The Balaban J connectivity index is 2.16. The van der Waals surface area contributed by atoms with Crippen molar-refractivity contribution < 1.29 is 0 Å². The summed E-state index contributed by atoms with van der Waals surface area (Å²) in [4.78, 5) is 0. The number of hydrogen-bond acceptors (Lipinski definition) is 0. The highest BCUT2D eigenvalue weighted by molar-refractivity contribution is 5.37. The van der Waals surface area contributed by atoms with Crippen LogP contribution in [-0.2, 0) is 0 Å². The van der Waals surface area contributed by atoms with Crippen molar-refractivity contribution in [2.75, 3.05) is 0 Å². The van der Waals surface area contributed by atoms with Gasteiger partial charge in [0.05, 0.1) is 0 Å². The normalized spacial score (nSPS) is 24.8. The maximum atomic E-state index is 2.40. The van der Waals surface area contributed by atoms with Crippen LogP contribution >= 0.6 is 0 Å². The second-order valence-corrected chi connectivity index (χ2v) is 3.26. The topological polar surface area (TPSA) is 0 Å². The molecule has 0 heterocycles. The monoisotopic (exact) mass is 134 g/mol. The molecule has 1 saturated carbocycles. The molecule has 0 atom stereocenters. The van der Waals surface area contributed by atoms with E-state index in [-0.39, 0.29) is 0 Å². The van der Waals surface area contributed by atoms with Gasteiger partial charge in [-0.05, 0) is 43.3 Å². The van der Waals surface area contributed by atoms with E-state index in [4.69, 9.17) is 0 Å². The summed E-state index contributed by atoms with van der Waals surface area (Å²) in [6.45, 7) is 0. The lowest BCUT2D eigenvalue weighted by Crippen LogP contribution is -1.80. The molecule has 0 amide bonds. The molecule has 0 aromatic carbocycles. The molecule has 0 saturated heterocycles. The van der Waals surface area contributed by atoms with Crippen LogP contribution < -0.4 is 0 Å². The van der Waals surface area contributed by atoms with Crippen LogP contribution in [0.4, 0.5) is 0 Å². The van der Waals surface area contributed by atoms with Gasteiger partial charge >= 0.3 is 0 Å². The van der Waals surface area contributed by atoms with Crippen LogP contribution in [0.1, 0.15) is 38.5 Å². The first kappa shape index (κ1) is 6.21. The molecule has 0 spiro atoms. The summed E-state index contributed by atoms with van der Waals surface area (Å²) in [5, 5.41) is 0. The van der Waals surface area contributed by atoms with E-state index >= 15 is 0 Å². The molecule has 0 heteroatoms. The molecule has 0 aliphatic heterocycles. The van der Waals surface area contributed by atoms with Gasteiger partial charge < -0.3 is 0 Å². The van der Waals surface area contributed by atoms with Crippen LogP contribution in [0.5, 0.6) is 0 Å². The van der Waals surface area contributed by atoms with Crippen LogP contribution in [0.3, 0.4) is 0 Å². The molecule has 2 aliphatic carbocycles. The molecule has 10 heavy (non-hydrogen) atoms. The Hall–Kier alpha value is -0.520. The Kier molecular flexibility index (Phi) is 1.62. The highest BCUT2D eigenvalue weighted by atomic mass is 14.2. The van der Waals surface area contributed by atoms with E-state index in [2.05, 4.69) is 12.2 Å². The first-order valence-electron chi connectivity index (χ1n) is 4.35. The molecule has 54 valence electrons. The summed E-state index contributed by atoms with van der Waals surface area (Å²) in [6.07, 6.45) is 13.0. The second-order valence-electron chi connectivity index (χ2n) is 3.26. The third-order valence-corrected chi connectivity index (χ3v) is 2.53. The van der Waals surface area contributed by atoms with E-state index in [1.807, 2.05) is 0 Å². The fraction of sp³-hybridized carbons (Fsp3) is 0.600. The van der Waals surface area contributed by atoms with Gasteiger partial charge in [0.1, 0.15) is 0 Å². The molecule has 1 fully saturated rings. The van der Waals surface area contributed by atoms with Crippen LogP contribution in [0.25, 0.3) is 0 Å². The van der Waals surface area contributed by atoms with Crippen molar-refractivity contribution in [3.05, 3.63) is 23.3 Å². The van der Waals surface area contributed by atoms with Gasteiger partial charge in [-0.3, -0.25) is 0 Å². The quantitative estimate of drug-likeness (QED) is 0.477. The summed E-state index contributed by atoms with van der Waals surface area (Å²) < 4.78 is 0. The lowest BCUT2D eigenvalue weighted by atomic mass is 10.1. The fourth-order valence-corrected chi connectivity index (χ4v) is 1.94. The lowest BCUT2D eigenvalue weighted by molar-refractivity contribution is 0.718. The molecule has 0 aromatic rings. The van der Waals surface area contributed by atoms with Crippen LogP contribution in [-0.4, -0.2) is 0 Å². The van der Waals surface area contributed by atoms with Crippen LogP contribution in [0, 0.1) is 0 Å². The molecule has 0 radical (unpaired) electrons. The van der Waals surface area contributed by atoms with Crippen molar-refractivity contribution in [1.29, 1.82) is 0 Å². The van der Waals surface area contributed by atoms with Gasteiger partial charge in [-0.25, -0.2) is 0 Å². The fourth-order valence-electron chi connectivity index (χ4n) is 1.94. The summed E-state index contributed by atoms with van der Waals surface area (Å²) in [5.41, 5.74) is 3.33. The van der Waals surface area contributed by atoms with Gasteiger partial charge in [0.25, 0.3) is 0 Å². The van der Waals surface area contributed by atoms with Gasteiger partial charge in [0.2, 0.25) is 0 Å². The minimum Gasteiger partial charge on any atom is -0.0772 e. The largest absolute Gasteiger partial charge is 0.0772 e. The lowest BCUT2D eigenvalue weighted by Gasteiger charge is -2.00. The minimum atomic E-state index is 1.21. The molecule has 0 nitrogen and oxygen atoms in total. The van der Waals surface area contributed by atoms with Crippen molar-refractivity contribution >= 4 is 0 Å². The van der Waals surface area contributed by atoms with Crippen molar-refractivity contribution in [1.82, 2.24) is 0 Å². The van der Waals surface area contributed by atoms with Crippen LogP contribution in [0.15, 0.2) is 23.3 Å². The van der Waals surface area contributed by atoms with Gasteiger partial charge in [-0.1, -0.05) is 18.6 Å². The summed E-state index contributed by atoms with van der Waals surface area (Å²) >= 11 is 0. The smallest absolute Gasteiger partial charge is 0.0157 e. The molecular weight excluding hydrogens is 120 g/mol. The first-order chi connectivity index (χ1) is 4.97. The predicted molar refractivity (Wildman–Crippen MR) is 43.9 cm³/mol. The Morgan fingerprint density at radius 2 is 1.40 bits per heavy atom. The van der Waals surface area contributed by atoms with Crippen molar-refractivity contribution in [3.63, 3.8) is 0 Å². The molecular formula is C10H14. The molecule has 2 aliphatic rings. The van der Waals surface area contributed by atoms with E-state index in [0.29, 0.717) is 0 Å². The highest BCUT2D eigenvalue weighted by Crippen LogP contribution is 2.31. The summed E-state index contributed by atoms with van der Waals surface area (Å²) in [7, 11) is 0. The van der Waals surface area contributed by atoms with Crippen LogP contribution in [0.2, 0.25) is 0 Å². The van der Waals surface area contributed by atoms with Gasteiger partial charge in [-0.2, -0.15) is 0 Å². The first-order valence-corrected chi connectivity index (χ1v) is 4.35. The minimum absolute atomic E-state index is 1.21. The number of fused-ring (bicyclic) bond motifs is 1. The zero-order valence-corrected chi connectivity index (χ0v) is 6.40. The van der Waals surface area contributed by atoms with Gasteiger partial charge in [0.15, 0.2) is 0 Å². The molecule has 0 aromatic heterocycles. The number of rotatable bonds is 0. The maximum Gasteiger partial charge on any atom is -0.0157 e. The van der Waals surface area contributed by atoms with E-state index in [1.165, 1.54) is 38.5 Å². The number of allylic oxidation sites excluding steroid dienone is 4. The zero-order chi connectivity index (χ0) is 6.81. The predicted octanol–water partition coefficient (Wildman–Crippen LogP) is 3.21. The van der Waals surface area contributed by atoms with Crippen molar-refractivity contribution in [3.8, 4) is 0 Å². The Morgan fingerprint density at radius 1 is 0.800 bits per heavy atom. The average Bonchev–Trinajstić information content (AvgIpc) is 2.28. The zero-order valence-electron chi connectivity index (χ0n) is 6.40. The molecule has 2 rings (SSSR count). The Bertz CT molecular complexity index is 164. The van der Waals surface area contributed by atoms with E-state index in [1.54, 1.807) is 11.1 Å². The second kappa shape index (κ2) is 2.61. The molecule has 0 bridgehead atoms. The Morgan fingerprint density at radius 3 is 2.00 bits per heavy atom. The standard InChI is InChI=1S/C10H14/c1-2-5-9-7-4-8-10(9)6-3-1/h7-8H,1-6H2. The SMILES string of the molecule is C1=C2CCCCCC2=CC1. The molecule has 0 N–H and O–H groups in total.